The Kier molecular flexibility index (Phi) is 3.82. The number of imidazole rings is 1. The summed E-state index contributed by atoms with van der Waals surface area (Å²) in [4.78, 5) is 14.2. The first-order chi connectivity index (χ1) is 10.0. The van der Waals surface area contributed by atoms with Crippen LogP contribution in [0, 0.1) is 0 Å². The summed E-state index contributed by atoms with van der Waals surface area (Å²) in [5.74, 6) is 0.735. The van der Waals surface area contributed by atoms with E-state index in [1.165, 1.54) is 0 Å². The Bertz CT molecular complexity index is 571. The summed E-state index contributed by atoms with van der Waals surface area (Å²) in [5, 5.41) is 0. The highest BCUT2D eigenvalue weighted by atomic mass is 16.5. The lowest BCUT2D eigenvalue weighted by Gasteiger charge is -2.33. The summed E-state index contributed by atoms with van der Waals surface area (Å²) in [6.45, 7) is 9.39. The van der Waals surface area contributed by atoms with Gasteiger partial charge in [-0.15, -0.1) is 0 Å². The van der Waals surface area contributed by atoms with Crippen molar-refractivity contribution in [3.8, 4) is 0 Å². The molecule has 0 aromatic carbocycles. The molecular formula is C15H22N4O2. The molecule has 1 N–H and O–H groups in total. The number of hydrogen-bond acceptors (Lipinski definition) is 5. The van der Waals surface area contributed by atoms with Crippen LogP contribution in [0.25, 0.3) is 0 Å². The molecule has 2 aromatic heterocycles. The molecule has 1 fully saturated rings. The zero-order valence-corrected chi connectivity index (χ0v) is 12.8. The van der Waals surface area contributed by atoms with Crippen molar-refractivity contribution in [2.24, 2.45) is 0 Å². The van der Waals surface area contributed by atoms with Gasteiger partial charge in [-0.05, 0) is 0 Å². The third-order valence-electron chi connectivity index (χ3n) is 3.74. The summed E-state index contributed by atoms with van der Waals surface area (Å²) < 4.78 is 11.3. The fourth-order valence-corrected chi connectivity index (χ4v) is 2.43. The van der Waals surface area contributed by atoms with Crippen molar-refractivity contribution in [3.63, 3.8) is 0 Å². The number of ether oxygens (including phenoxy) is 1. The van der Waals surface area contributed by atoms with E-state index in [0.717, 1.165) is 37.0 Å². The van der Waals surface area contributed by atoms with Crippen molar-refractivity contribution in [1.29, 1.82) is 0 Å². The maximum atomic E-state index is 5.72. The van der Waals surface area contributed by atoms with Crippen LogP contribution in [0.2, 0.25) is 0 Å². The normalized spacial score (nSPS) is 20.8. The van der Waals surface area contributed by atoms with Gasteiger partial charge in [0.25, 0.3) is 0 Å². The second-order valence-electron chi connectivity index (χ2n) is 6.46. The first kappa shape index (κ1) is 14.3. The van der Waals surface area contributed by atoms with E-state index in [4.69, 9.17) is 9.15 Å². The predicted molar refractivity (Wildman–Crippen MR) is 77.8 cm³/mol. The first-order valence-electron chi connectivity index (χ1n) is 7.29. The molecule has 6 nitrogen and oxygen atoms in total. The molecule has 1 aliphatic rings. The summed E-state index contributed by atoms with van der Waals surface area (Å²) in [6.07, 6.45) is 5.31. The zero-order chi connectivity index (χ0) is 14.9. The maximum Gasteiger partial charge on any atom is 0.214 e. The van der Waals surface area contributed by atoms with E-state index in [2.05, 4.69) is 40.6 Å². The first-order valence-corrected chi connectivity index (χ1v) is 7.29. The lowest BCUT2D eigenvalue weighted by Crippen LogP contribution is -2.39. The molecule has 114 valence electrons. The van der Waals surface area contributed by atoms with Gasteiger partial charge >= 0.3 is 0 Å². The Morgan fingerprint density at radius 1 is 1.43 bits per heavy atom. The van der Waals surface area contributed by atoms with Gasteiger partial charge < -0.3 is 14.1 Å². The molecule has 0 radical (unpaired) electrons. The summed E-state index contributed by atoms with van der Waals surface area (Å²) in [7, 11) is 0. The molecule has 3 heterocycles. The molecule has 0 spiro atoms. The third kappa shape index (κ3) is 3.16. The van der Waals surface area contributed by atoms with E-state index in [9.17, 15) is 0 Å². The molecule has 0 saturated carbocycles. The minimum absolute atomic E-state index is 0.00845. The van der Waals surface area contributed by atoms with Crippen molar-refractivity contribution >= 4 is 0 Å². The lowest BCUT2D eigenvalue weighted by atomic mass is 9.93. The number of aromatic nitrogens is 3. The predicted octanol–water partition coefficient (Wildman–Crippen LogP) is 2.27. The van der Waals surface area contributed by atoms with Crippen LogP contribution in [0.4, 0.5) is 0 Å². The van der Waals surface area contributed by atoms with Crippen LogP contribution in [0.1, 0.15) is 44.1 Å². The number of rotatable bonds is 3. The minimum atomic E-state index is -0.00845. The largest absolute Gasteiger partial charge is 0.447 e. The molecule has 3 rings (SSSR count). The maximum absolute atomic E-state index is 5.72. The van der Waals surface area contributed by atoms with Gasteiger partial charge in [0.1, 0.15) is 12.3 Å². The number of oxazole rings is 1. The second-order valence-corrected chi connectivity index (χ2v) is 6.46. The second kappa shape index (κ2) is 5.61. The van der Waals surface area contributed by atoms with E-state index in [1.807, 2.05) is 6.20 Å². The highest BCUT2D eigenvalue weighted by Gasteiger charge is 2.30. The number of hydrogen-bond donors (Lipinski definition) is 1. The molecule has 21 heavy (non-hydrogen) atoms. The van der Waals surface area contributed by atoms with Gasteiger partial charge in [0.15, 0.2) is 0 Å². The van der Waals surface area contributed by atoms with Crippen LogP contribution in [0.5, 0.6) is 0 Å². The molecule has 0 unspecified atom stereocenters. The molecule has 1 atom stereocenters. The highest BCUT2D eigenvalue weighted by molar-refractivity contribution is 5.10. The number of H-pyrrole nitrogens is 1. The Morgan fingerprint density at radius 2 is 2.29 bits per heavy atom. The highest BCUT2D eigenvalue weighted by Crippen LogP contribution is 2.28. The van der Waals surface area contributed by atoms with Crippen molar-refractivity contribution in [2.45, 2.75) is 38.8 Å². The minimum Gasteiger partial charge on any atom is -0.447 e. The van der Waals surface area contributed by atoms with E-state index in [0.29, 0.717) is 6.61 Å². The van der Waals surface area contributed by atoms with Gasteiger partial charge in [-0.25, -0.2) is 9.97 Å². The van der Waals surface area contributed by atoms with Crippen LogP contribution in [-0.2, 0) is 16.7 Å². The van der Waals surface area contributed by atoms with Crippen LogP contribution in [-0.4, -0.2) is 39.6 Å². The van der Waals surface area contributed by atoms with Crippen LogP contribution in [0.15, 0.2) is 23.2 Å². The zero-order valence-electron chi connectivity index (χ0n) is 12.8. The number of aromatic amines is 1. The average molecular weight is 290 g/mol. The fraction of sp³-hybridized carbons (Fsp3) is 0.600. The van der Waals surface area contributed by atoms with Gasteiger partial charge in [-0.1, -0.05) is 20.8 Å². The van der Waals surface area contributed by atoms with Gasteiger partial charge in [-0.3, -0.25) is 4.90 Å². The Balaban J connectivity index is 1.79. The molecule has 1 saturated heterocycles. The third-order valence-corrected chi connectivity index (χ3v) is 3.74. The summed E-state index contributed by atoms with van der Waals surface area (Å²) in [6, 6.07) is 0.0538. The van der Waals surface area contributed by atoms with Crippen LogP contribution < -0.4 is 0 Å². The topological polar surface area (TPSA) is 67.2 Å². The smallest absolute Gasteiger partial charge is 0.214 e. The number of nitrogens with one attached hydrogen (secondary N) is 1. The Hall–Kier alpha value is -1.66. The van der Waals surface area contributed by atoms with E-state index < -0.39 is 0 Å². The van der Waals surface area contributed by atoms with Crippen LogP contribution >= 0.6 is 0 Å². The van der Waals surface area contributed by atoms with Crippen LogP contribution in [0.3, 0.4) is 0 Å². The quantitative estimate of drug-likeness (QED) is 0.939. The molecule has 0 aliphatic carbocycles. The van der Waals surface area contributed by atoms with Crippen molar-refractivity contribution in [2.75, 3.05) is 19.8 Å². The summed E-state index contributed by atoms with van der Waals surface area (Å²) >= 11 is 0. The molecular weight excluding hydrogens is 268 g/mol. The lowest BCUT2D eigenvalue weighted by molar-refractivity contribution is -0.0228. The number of nitrogens with zero attached hydrogens (tertiary/aromatic N) is 3. The van der Waals surface area contributed by atoms with E-state index in [-0.39, 0.29) is 11.5 Å². The van der Waals surface area contributed by atoms with Crippen molar-refractivity contribution in [1.82, 2.24) is 19.9 Å². The monoisotopic (exact) mass is 290 g/mol. The Labute approximate surface area is 124 Å². The standard InChI is InChI=1S/C15H22N4O2/c1-15(2,3)13-9-21-14(18-13)12-8-20-5-4-19(12)7-11-6-16-10-17-11/h6,9-10,12H,4-5,7-8H2,1-3H3,(H,16,17)/t12-/m0/s1. The van der Waals surface area contributed by atoms with Gasteiger partial charge in [0, 0.05) is 30.4 Å². The molecule has 0 amide bonds. The molecule has 1 aliphatic heterocycles. The molecule has 6 heteroatoms. The Morgan fingerprint density at radius 3 is 2.95 bits per heavy atom. The van der Waals surface area contributed by atoms with Crippen molar-refractivity contribution in [3.05, 3.63) is 36.1 Å². The van der Waals surface area contributed by atoms with Gasteiger partial charge in [0.05, 0.1) is 25.2 Å². The van der Waals surface area contributed by atoms with E-state index >= 15 is 0 Å². The average Bonchev–Trinajstić information content (AvgIpc) is 3.09. The molecule has 0 bridgehead atoms. The summed E-state index contributed by atoms with van der Waals surface area (Å²) in [5.41, 5.74) is 2.06. The van der Waals surface area contributed by atoms with Gasteiger partial charge in [0.2, 0.25) is 5.89 Å². The van der Waals surface area contributed by atoms with Crippen molar-refractivity contribution < 1.29 is 9.15 Å². The van der Waals surface area contributed by atoms with Gasteiger partial charge in [-0.2, -0.15) is 0 Å². The fourth-order valence-electron chi connectivity index (χ4n) is 2.43. The number of morpholine rings is 1. The molecule has 2 aromatic rings. The van der Waals surface area contributed by atoms with E-state index in [1.54, 1.807) is 12.6 Å². The SMILES string of the molecule is CC(C)(C)c1coc([C@@H]2COCCN2Cc2cnc[nH]2)n1.